The van der Waals surface area contributed by atoms with Gasteiger partial charge in [-0.2, -0.15) is 4.37 Å². The molecule has 0 atom stereocenters. The van der Waals surface area contributed by atoms with Crippen LogP contribution in [-0.4, -0.2) is 20.8 Å². The summed E-state index contributed by atoms with van der Waals surface area (Å²) in [5.74, 6) is 2.35. The number of nitrogens with one attached hydrogen (secondary N) is 1. The summed E-state index contributed by atoms with van der Waals surface area (Å²) < 4.78 is 4.43. The molecule has 0 aliphatic heterocycles. The van der Waals surface area contributed by atoms with Gasteiger partial charge in [-0.05, 0) is 25.7 Å². The standard InChI is InChI=1S/C12H18ClN3S/c13-8-12(6-2-1-3-7-12)15-11-14-10(16-17-11)9-4-5-9/h9H,1-8H2,(H,14,15,16). The largest absolute Gasteiger partial charge is 0.354 e. The van der Waals surface area contributed by atoms with Gasteiger partial charge in [0.15, 0.2) is 0 Å². The number of halogens is 1. The van der Waals surface area contributed by atoms with E-state index in [4.69, 9.17) is 11.6 Å². The molecule has 94 valence electrons. The number of hydrogen-bond acceptors (Lipinski definition) is 4. The van der Waals surface area contributed by atoms with Crippen molar-refractivity contribution in [2.75, 3.05) is 11.2 Å². The number of nitrogens with zero attached hydrogens (tertiary/aromatic N) is 2. The smallest absolute Gasteiger partial charge is 0.203 e. The predicted molar refractivity (Wildman–Crippen MR) is 72.0 cm³/mol. The van der Waals surface area contributed by atoms with Gasteiger partial charge < -0.3 is 5.32 Å². The van der Waals surface area contributed by atoms with Gasteiger partial charge in [-0.25, -0.2) is 4.98 Å². The first-order valence-corrected chi connectivity index (χ1v) is 7.80. The highest BCUT2D eigenvalue weighted by Gasteiger charge is 2.33. The highest BCUT2D eigenvalue weighted by molar-refractivity contribution is 7.09. The first-order chi connectivity index (χ1) is 8.31. The maximum Gasteiger partial charge on any atom is 0.203 e. The van der Waals surface area contributed by atoms with Crippen molar-refractivity contribution in [3.8, 4) is 0 Å². The van der Waals surface area contributed by atoms with Crippen LogP contribution in [0.2, 0.25) is 0 Å². The van der Waals surface area contributed by atoms with Gasteiger partial charge in [-0.15, -0.1) is 11.6 Å². The van der Waals surface area contributed by atoms with E-state index in [1.54, 1.807) is 0 Å². The van der Waals surface area contributed by atoms with Crippen molar-refractivity contribution in [2.24, 2.45) is 0 Å². The lowest BCUT2D eigenvalue weighted by Gasteiger charge is -2.36. The topological polar surface area (TPSA) is 37.8 Å². The van der Waals surface area contributed by atoms with E-state index in [9.17, 15) is 0 Å². The Morgan fingerprint density at radius 3 is 2.71 bits per heavy atom. The molecule has 2 saturated carbocycles. The summed E-state index contributed by atoms with van der Waals surface area (Å²) >= 11 is 7.66. The zero-order valence-electron chi connectivity index (χ0n) is 9.91. The molecule has 0 bridgehead atoms. The molecule has 2 fully saturated rings. The van der Waals surface area contributed by atoms with E-state index in [2.05, 4.69) is 14.7 Å². The molecule has 5 heteroatoms. The molecule has 1 aromatic rings. The van der Waals surface area contributed by atoms with Crippen molar-refractivity contribution in [1.29, 1.82) is 0 Å². The Bertz CT molecular complexity index is 383. The van der Waals surface area contributed by atoms with Gasteiger partial charge in [0.2, 0.25) is 5.13 Å². The number of alkyl halides is 1. The van der Waals surface area contributed by atoms with E-state index in [0.29, 0.717) is 11.8 Å². The Kier molecular flexibility index (Phi) is 3.26. The monoisotopic (exact) mass is 271 g/mol. The molecule has 0 spiro atoms. The van der Waals surface area contributed by atoms with Crippen LogP contribution in [0, 0.1) is 0 Å². The minimum Gasteiger partial charge on any atom is -0.354 e. The minimum atomic E-state index is 0.0696. The molecular weight excluding hydrogens is 254 g/mol. The van der Waals surface area contributed by atoms with Crippen LogP contribution < -0.4 is 5.32 Å². The zero-order valence-corrected chi connectivity index (χ0v) is 11.5. The Hall–Kier alpha value is -0.350. The predicted octanol–water partition coefficient (Wildman–Crippen LogP) is 3.77. The quantitative estimate of drug-likeness (QED) is 0.847. The van der Waals surface area contributed by atoms with E-state index >= 15 is 0 Å². The second-order valence-electron chi connectivity index (χ2n) is 5.33. The molecule has 2 aliphatic rings. The second kappa shape index (κ2) is 4.73. The summed E-state index contributed by atoms with van der Waals surface area (Å²) in [6.07, 6.45) is 8.73. The van der Waals surface area contributed by atoms with Gasteiger partial charge in [-0.1, -0.05) is 19.3 Å². The molecular formula is C12H18ClN3S. The third kappa shape index (κ3) is 2.58. The van der Waals surface area contributed by atoms with E-state index in [1.165, 1.54) is 43.6 Å². The molecule has 0 amide bonds. The Morgan fingerprint density at radius 1 is 1.29 bits per heavy atom. The maximum atomic E-state index is 6.16. The lowest BCUT2D eigenvalue weighted by Crippen LogP contribution is -2.42. The van der Waals surface area contributed by atoms with Crippen LogP contribution >= 0.6 is 23.1 Å². The van der Waals surface area contributed by atoms with Crippen LogP contribution in [0.4, 0.5) is 5.13 Å². The number of rotatable bonds is 4. The molecule has 2 aliphatic carbocycles. The van der Waals surface area contributed by atoms with Crippen molar-refractivity contribution in [3.05, 3.63) is 5.82 Å². The summed E-state index contributed by atoms with van der Waals surface area (Å²) in [5, 5.41) is 4.53. The van der Waals surface area contributed by atoms with Crippen molar-refractivity contribution in [2.45, 2.75) is 56.4 Å². The van der Waals surface area contributed by atoms with Crippen LogP contribution in [0.5, 0.6) is 0 Å². The maximum absolute atomic E-state index is 6.16. The average molecular weight is 272 g/mol. The summed E-state index contributed by atoms with van der Waals surface area (Å²) in [7, 11) is 0. The van der Waals surface area contributed by atoms with Crippen LogP contribution in [-0.2, 0) is 0 Å². The summed E-state index contributed by atoms with van der Waals surface area (Å²) in [5.41, 5.74) is 0.0696. The van der Waals surface area contributed by atoms with Crippen molar-refractivity contribution >= 4 is 28.3 Å². The first-order valence-electron chi connectivity index (χ1n) is 6.49. The fraction of sp³-hybridized carbons (Fsp3) is 0.833. The molecule has 3 nitrogen and oxygen atoms in total. The van der Waals surface area contributed by atoms with E-state index in [0.717, 1.165) is 23.8 Å². The highest BCUT2D eigenvalue weighted by Crippen LogP contribution is 2.40. The van der Waals surface area contributed by atoms with Crippen molar-refractivity contribution in [3.63, 3.8) is 0 Å². The van der Waals surface area contributed by atoms with Crippen molar-refractivity contribution in [1.82, 2.24) is 9.36 Å². The van der Waals surface area contributed by atoms with Gasteiger partial charge >= 0.3 is 0 Å². The van der Waals surface area contributed by atoms with E-state index in [1.807, 2.05) is 0 Å². The summed E-state index contributed by atoms with van der Waals surface area (Å²) in [6, 6.07) is 0. The molecule has 0 unspecified atom stereocenters. The molecule has 17 heavy (non-hydrogen) atoms. The molecule has 1 aromatic heterocycles. The fourth-order valence-corrected chi connectivity index (χ4v) is 3.64. The Balaban J connectivity index is 1.70. The number of aromatic nitrogens is 2. The van der Waals surface area contributed by atoms with Crippen LogP contribution in [0.15, 0.2) is 0 Å². The Labute approximate surface area is 111 Å². The van der Waals surface area contributed by atoms with Gasteiger partial charge in [0.1, 0.15) is 5.82 Å². The molecule has 0 radical (unpaired) electrons. The van der Waals surface area contributed by atoms with E-state index < -0.39 is 0 Å². The molecule has 3 rings (SSSR count). The zero-order chi connectivity index (χ0) is 11.7. The van der Waals surface area contributed by atoms with Gasteiger partial charge in [0.05, 0.1) is 5.54 Å². The third-order valence-corrected chi connectivity index (χ3v) is 4.98. The lowest BCUT2D eigenvalue weighted by atomic mass is 9.83. The second-order valence-corrected chi connectivity index (χ2v) is 6.35. The van der Waals surface area contributed by atoms with Crippen LogP contribution in [0.1, 0.15) is 56.7 Å². The summed E-state index contributed by atoms with van der Waals surface area (Å²) in [4.78, 5) is 4.60. The average Bonchev–Trinajstić information content (AvgIpc) is 3.12. The lowest BCUT2D eigenvalue weighted by molar-refractivity contribution is 0.353. The molecule has 0 saturated heterocycles. The molecule has 1 N–H and O–H groups in total. The van der Waals surface area contributed by atoms with E-state index in [-0.39, 0.29) is 5.54 Å². The van der Waals surface area contributed by atoms with Gasteiger partial charge in [0.25, 0.3) is 0 Å². The van der Waals surface area contributed by atoms with Crippen LogP contribution in [0.25, 0.3) is 0 Å². The first kappa shape index (κ1) is 11.7. The molecule has 1 heterocycles. The summed E-state index contributed by atoms with van der Waals surface area (Å²) in [6.45, 7) is 0. The Morgan fingerprint density at radius 2 is 2.06 bits per heavy atom. The van der Waals surface area contributed by atoms with Gasteiger partial charge in [-0.3, -0.25) is 0 Å². The van der Waals surface area contributed by atoms with Gasteiger partial charge in [0, 0.05) is 23.3 Å². The van der Waals surface area contributed by atoms with Crippen LogP contribution in [0.3, 0.4) is 0 Å². The SMILES string of the molecule is ClCC1(Nc2nc(C3CC3)ns2)CCCCC1. The molecule has 0 aromatic carbocycles. The highest BCUT2D eigenvalue weighted by atomic mass is 35.5. The number of hydrogen-bond donors (Lipinski definition) is 1. The number of anilines is 1. The normalized spacial score (nSPS) is 23.6. The fourth-order valence-electron chi connectivity index (χ4n) is 2.54. The third-order valence-electron chi connectivity index (χ3n) is 3.82. The minimum absolute atomic E-state index is 0.0696. The van der Waals surface area contributed by atoms with Crippen molar-refractivity contribution < 1.29 is 0 Å².